The van der Waals surface area contributed by atoms with Crippen LogP contribution in [0.15, 0.2) is 47.6 Å². The number of amides is 2. The predicted octanol–water partition coefficient (Wildman–Crippen LogP) is 1.98. The van der Waals surface area contributed by atoms with E-state index < -0.39 is 6.03 Å². The van der Waals surface area contributed by atoms with Gasteiger partial charge in [-0.25, -0.2) is 10.2 Å². The fourth-order valence-corrected chi connectivity index (χ4v) is 1.85. The molecule has 0 aliphatic heterocycles. The van der Waals surface area contributed by atoms with Crippen molar-refractivity contribution in [3.63, 3.8) is 0 Å². The van der Waals surface area contributed by atoms with Crippen molar-refractivity contribution in [3.8, 4) is 16.9 Å². The number of hydrogen-bond donors (Lipinski definition) is 4. The van der Waals surface area contributed by atoms with E-state index >= 15 is 0 Å². The van der Waals surface area contributed by atoms with Crippen molar-refractivity contribution in [1.29, 1.82) is 0 Å². The zero-order valence-electron chi connectivity index (χ0n) is 11.6. The van der Waals surface area contributed by atoms with Crippen LogP contribution < -0.4 is 11.2 Å². The summed E-state index contributed by atoms with van der Waals surface area (Å²) in [5.74, 6) is 0.0343. The largest absolute Gasteiger partial charge is 0.507 e. The van der Waals surface area contributed by atoms with E-state index in [0.717, 1.165) is 16.7 Å². The summed E-state index contributed by atoms with van der Waals surface area (Å²) >= 11 is 0. The van der Waals surface area contributed by atoms with E-state index in [0.29, 0.717) is 5.56 Å². The number of urea groups is 1. The third-order valence-corrected chi connectivity index (χ3v) is 2.85. The zero-order valence-corrected chi connectivity index (χ0v) is 12.4. The first-order valence-corrected chi connectivity index (χ1v) is 6.22. The second kappa shape index (κ2) is 8.02. The number of benzene rings is 2. The summed E-state index contributed by atoms with van der Waals surface area (Å²) in [6.45, 7) is -0.0389. The van der Waals surface area contributed by atoms with Crippen molar-refractivity contribution in [2.45, 2.75) is 6.61 Å². The van der Waals surface area contributed by atoms with Crippen LogP contribution in [0.1, 0.15) is 11.1 Å². The van der Waals surface area contributed by atoms with Gasteiger partial charge in [0.1, 0.15) is 5.75 Å². The summed E-state index contributed by atoms with van der Waals surface area (Å²) in [6.07, 6.45) is 1.31. The smallest absolute Gasteiger partial charge is 0.332 e. The minimum absolute atomic E-state index is 0. The molecule has 0 heterocycles. The second-order valence-corrected chi connectivity index (χ2v) is 4.37. The maximum Gasteiger partial charge on any atom is 0.332 e. The number of aliphatic hydroxyl groups is 1. The minimum Gasteiger partial charge on any atom is -0.507 e. The van der Waals surface area contributed by atoms with Gasteiger partial charge in [0.2, 0.25) is 0 Å². The Bertz CT molecular complexity index is 689. The first-order valence-electron chi connectivity index (χ1n) is 6.22. The Balaban J connectivity index is 0.00000242. The van der Waals surface area contributed by atoms with Gasteiger partial charge in [0, 0.05) is 5.56 Å². The summed E-state index contributed by atoms with van der Waals surface area (Å²) in [5.41, 5.74) is 9.95. The average Bonchev–Trinajstić information content (AvgIpc) is 2.49. The fourth-order valence-electron chi connectivity index (χ4n) is 1.85. The molecule has 0 aromatic heterocycles. The molecular weight excluding hydrogens is 306 g/mol. The lowest BCUT2D eigenvalue weighted by Gasteiger charge is -2.06. The SMILES string of the molecule is Cl.NC(=O)NN=Cc1cc(-c2cccc(CO)c2)ccc1O. The maximum atomic E-state index is 10.5. The summed E-state index contributed by atoms with van der Waals surface area (Å²) < 4.78 is 0. The van der Waals surface area contributed by atoms with Crippen LogP contribution in [0.3, 0.4) is 0 Å². The average molecular weight is 322 g/mol. The number of halogens is 1. The molecule has 22 heavy (non-hydrogen) atoms. The van der Waals surface area contributed by atoms with Gasteiger partial charge < -0.3 is 15.9 Å². The third-order valence-electron chi connectivity index (χ3n) is 2.85. The van der Waals surface area contributed by atoms with Gasteiger partial charge in [-0.15, -0.1) is 12.4 Å². The van der Waals surface area contributed by atoms with Crippen LogP contribution in [-0.4, -0.2) is 22.5 Å². The molecule has 0 radical (unpaired) electrons. The van der Waals surface area contributed by atoms with Crippen LogP contribution in [0.4, 0.5) is 4.79 Å². The number of carbonyl (C=O) groups excluding carboxylic acids is 1. The molecule has 0 bridgehead atoms. The van der Waals surface area contributed by atoms with E-state index in [4.69, 9.17) is 10.8 Å². The third kappa shape index (κ3) is 4.47. The van der Waals surface area contributed by atoms with E-state index in [1.165, 1.54) is 12.3 Å². The van der Waals surface area contributed by atoms with Gasteiger partial charge in [-0.05, 0) is 34.9 Å². The molecule has 2 aromatic rings. The molecule has 2 amide bonds. The van der Waals surface area contributed by atoms with Crippen molar-refractivity contribution in [1.82, 2.24) is 5.43 Å². The number of hydrogen-bond acceptors (Lipinski definition) is 4. The lowest BCUT2D eigenvalue weighted by molar-refractivity contribution is 0.249. The van der Waals surface area contributed by atoms with Gasteiger partial charge in [-0.1, -0.05) is 24.3 Å². The van der Waals surface area contributed by atoms with Crippen molar-refractivity contribution >= 4 is 24.7 Å². The molecule has 0 unspecified atom stereocenters. The molecular formula is C15H16ClN3O3. The van der Waals surface area contributed by atoms with E-state index in [1.807, 2.05) is 24.3 Å². The number of phenols is 1. The van der Waals surface area contributed by atoms with Gasteiger partial charge in [0.25, 0.3) is 0 Å². The minimum atomic E-state index is -0.780. The number of nitrogens with one attached hydrogen (secondary N) is 1. The first kappa shape index (κ1) is 17.5. The highest BCUT2D eigenvalue weighted by Gasteiger charge is 2.04. The van der Waals surface area contributed by atoms with Gasteiger partial charge in [-0.2, -0.15) is 5.10 Å². The van der Waals surface area contributed by atoms with E-state index in [1.54, 1.807) is 12.1 Å². The number of phenolic OH excluding ortho intramolecular Hbond substituents is 1. The molecule has 0 saturated heterocycles. The second-order valence-electron chi connectivity index (χ2n) is 4.37. The van der Waals surface area contributed by atoms with E-state index in [2.05, 4.69) is 10.5 Å². The van der Waals surface area contributed by atoms with Gasteiger partial charge in [0.05, 0.1) is 12.8 Å². The molecule has 0 saturated carbocycles. The molecule has 7 heteroatoms. The van der Waals surface area contributed by atoms with Gasteiger partial charge in [-0.3, -0.25) is 0 Å². The van der Waals surface area contributed by atoms with Crippen LogP contribution in [-0.2, 0) is 6.61 Å². The summed E-state index contributed by atoms with van der Waals surface area (Å²) in [4.78, 5) is 10.5. The number of rotatable bonds is 4. The lowest BCUT2D eigenvalue weighted by Crippen LogP contribution is -2.24. The number of aromatic hydroxyl groups is 1. The molecule has 5 N–H and O–H groups in total. The molecule has 116 valence electrons. The Kier molecular flexibility index (Phi) is 6.37. The number of nitrogens with zero attached hydrogens (tertiary/aromatic N) is 1. The van der Waals surface area contributed by atoms with Crippen LogP contribution in [0.5, 0.6) is 5.75 Å². The predicted molar refractivity (Wildman–Crippen MR) is 87.0 cm³/mol. The highest BCUT2D eigenvalue weighted by atomic mass is 35.5. The number of hydrazone groups is 1. The standard InChI is InChI=1S/C15H15N3O3.ClH/c16-15(21)18-17-8-13-7-12(4-5-14(13)20)11-3-1-2-10(6-11)9-19;/h1-8,19-20H,9H2,(H3,16,18,21);1H. The highest BCUT2D eigenvalue weighted by molar-refractivity contribution is 5.87. The Morgan fingerprint density at radius 2 is 1.95 bits per heavy atom. The Hall–Kier alpha value is -2.57. The van der Waals surface area contributed by atoms with Crippen LogP contribution in [0, 0.1) is 0 Å². The van der Waals surface area contributed by atoms with Crippen molar-refractivity contribution in [2.24, 2.45) is 10.8 Å². The summed E-state index contributed by atoms with van der Waals surface area (Å²) in [7, 11) is 0. The van der Waals surface area contributed by atoms with Crippen LogP contribution in [0.2, 0.25) is 0 Å². The maximum absolute atomic E-state index is 10.5. The number of nitrogens with two attached hydrogens (primary N) is 1. The summed E-state index contributed by atoms with van der Waals surface area (Å²) in [6, 6.07) is 11.6. The number of carbonyl (C=O) groups is 1. The molecule has 2 aromatic carbocycles. The quantitative estimate of drug-likeness (QED) is 0.510. The van der Waals surface area contributed by atoms with Crippen molar-refractivity contribution in [3.05, 3.63) is 53.6 Å². The van der Waals surface area contributed by atoms with E-state index in [-0.39, 0.29) is 24.8 Å². The molecule has 0 atom stereocenters. The first-order chi connectivity index (χ1) is 10.1. The Labute approximate surface area is 133 Å². The highest BCUT2D eigenvalue weighted by Crippen LogP contribution is 2.25. The molecule has 0 aliphatic carbocycles. The Morgan fingerprint density at radius 3 is 2.64 bits per heavy atom. The van der Waals surface area contributed by atoms with E-state index in [9.17, 15) is 9.90 Å². The molecule has 0 aliphatic rings. The summed E-state index contributed by atoms with van der Waals surface area (Å²) in [5, 5.41) is 22.6. The molecule has 2 rings (SSSR count). The zero-order chi connectivity index (χ0) is 15.2. The van der Waals surface area contributed by atoms with Crippen molar-refractivity contribution in [2.75, 3.05) is 0 Å². The normalized spacial score (nSPS) is 10.2. The molecule has 0 fully saturated rings. The van der Waals surface area contributed by atoms with Gasteiger partial charge >= 0.3 is 6.03 Å². The molecule has 0 spiro atoms. The lowest BCUT2D eigenvalue weighted by atomic mass is 10.0. The van der Waals surface area contributed by atoms with Crippen molar-refractivity contribution < 1.29 is 15.0 Å². The molecule has 6 nitrogen and oxygen atoms in total. The van der Waals surface area contributed by atoms with Crippen LogP contribution in [0.25, 0.3) is 11.1 Å². The number of primary amides is 1. The monoisotopic (exact) mass is 321 g/mol. The number of aliphatic hydroxyl groups excluding tert-OH is 1. The van der Waals surface area contributed by atoms with Gasteiger partial charge in [0.15, 0.2) is 0 Å². The topological polar surface area (TPSA) is 108 Å². The van der Waals surface area contributed by atoms with Crippen LogP contribution >= 0.6 is 12.4 Å². The Morgan fingerprint density at radius 1 is 1.23 bits per heavy atom. The fraction of sp³-hybridized carbons (Fsp3) is 0.0667.